The maximum Gasteiger partial charge on any atom is 0.159 e. The SMILES string of the molecule is CC(C)S(=O)(=O)Cc1cc2cccc(Br)c2o1. The van der Waals surface area contributed by atoms with Gasteiger partial charge < -0.3 is 4.42 Å². The van der Waals surface area contributed by atoms with Gasteiger partial charge in [-0.15, -0.1) is 0 Å². The number of rotatable bonds is 3. The fourth-order valence-corrected chi connectivity index (χ4v) is 2.85. The van der Waals surface area contributed by atoms with Crippen molar-refractivity contribution in [3.05, 3.63) is 34.5 Å². The summed E-state index contributed by atoms with van der Waals surface area (Å²) in [6, 6.07) is 7.43. The van der Waals surface area contributed by atoms with Crippen LogP contribution in [0.4, 0.5) is 0 Å². The van der Waals surface area contributed by atoms with E-state index in [1.807, 2.05) is 18.2 Å². The first kappa shape index (κ1) is 12.6. The molecule has 0 saturated heterocycles. The van der Waals surface area contributed by atoms with E-state index in [4.69, 9.17) is 4.42 Å². The van der Waals surface area contributed by atoms with Crippen molar-refractivity contribution < 1.29 is 12.8 Å². The van der Waals surface area contributed by atoms with Crippen LogP contribution >= 0.6 is 15.9 Å². The Morgan fingerprint density at radius 3 is 2.65 bits per heavy atom. The summed E-state index contributed by atoms with van der Waals surface area (Å²) in [4.78, 5) is 0. The van der Waals surface area contributed by atoms with Crippen molar-refractivity contribution in [3.8, 4) is 0 Å². The van der Waals surface area contributed by atoms with Crippen LogP contribution in [0.3, 0.4) is 0 Å². The standard InChI is InChI=1S/C12H13BrO3S/c1-8(2)17(14,15)7-10-6-9-4-3-5-11(13)12(9)16-10/h3-6,8H,7H2,1-2H3. The Kier molecular flexibility index (Phi) is 3.32. The topological polar surface area (TPSA) is 47.3 Å². The molecule has 0 N–H and O–H groups in total. The Balaban J connectivity index is 2.42. The molecule has 2 aromatic rings. The molecule has 92 valence electrons. The summed E-state index contributed by atoms with van der Waals surface area (Å²) in [6.45, 7) is 3.35. The first-order valence-electron chi connectivity index (χ1n) is 5.28. The molecule has 0 atom stereocenters. The normalized spacial score (nSPS) is 12.5. The average Bonchev–Trinajstić information content (AvgIpc) is 2.60. The van der Waals surface area contributed by atoms with Gasteiger partial charge in [-0.3, -0.25) is 0 Å². The van der Waals surface area contributed by atoms with Gasteiger partial charge in [0.15, 0.2) is 9.84 Å². The molecule has 0 radical (unpaired) electrons. The lowest BCUT2D eigenvalue weighted by Crippen LogP contribution is -2.15. The van der Waals surface area contributed by atoms with Gasteiger partial charge in [-0.25, -0.2) is 8.42 Å². The number of para-hydroxylation sites is 1. The van der Waals surface area contributed by atoms with Crippen LogP contribution in [-0.4, -0.2) is 13.7 Å². The monoisotopic (exact) mass is 316 g/mol. The van der Waals surface area contributed by atoms with Crippen LogP contribution < -0.4 is 0 Å². The summed E-state index contributed by atoms with van der Waals surface area (Å²) in [6.07, 6.45) is 0. The molecule has 0 aliphatic carbocycles. The van der Waals surface area contributed by atoms with E-state index in [0.717, 1.165) is 9.86 Å². The molecule has 1 aromatic heterocycles. The van der Waals surface area contributed by atoms with E-state index in [1.54, 1.807) is 19.9 Å². The Labute approximate surface area is 109 Å². The highest BCUT2D eigenvalue weighted by Crippen LogP contribution is 2.28. The molecule has 0 fully saturated rings. The summed E-state index contributed by atoms with van der Waals surface area (Å²) in [5, 5.41) is 0.521. The number of fused-ring (bicyclic) bond motifs is 1. The molecule has 0 bridgehead atoms. The average molecular weight is 317 g/mol. The zero-order valence-electron chi connectivity index (χ0n) is 9.60. The number of furan rings is 1. The highest BCUT2D eigenvalue weighted by Gasteiger charge is 2.19. The minimum absolute atomic E-state index is 0.0498. The molecule has 0 saturated carbocycles. The van der Waals surface area contributed by atoms with Crippen molar-refractivity contribution in [3.63, 3.8) is 0 Å². The van der Waals surface area contributed by atoms with E-state index in [1.165, 1.54) is 0 Å². The molecule has 0 amide bonds. The zero-order chi connectivity index (χ0) is 12.6. The highest BCUT2D eigenvalue weighted by atomic mass is 79.9. The quantitative estimate of drug-likeness (QED) is 0.870. The van der Waals surface area contributed by atoms with E-state index in [9.17, 15) is 8.42 Å². The molecular weight excluding hydrogens is 304 g/mol. The van der Waals surface area contributed by atoms with Crippen LogP contribution in [0.2, 0.25) is 0 Å². The Morgan fingerprint density at radius 1 is 1.35 bits per heavy atom. The Hall–Kier alpha value is -0.810. The van der Waals surface area contributed by atoms with Crippen molar-refractivity contribution >= 4 is 36.7 Å². The zero-order valence-corrected chi connectivity index (χ0v) is 12.0. The van der Waals surface area contributed by atoms with Crippen LogP contribution in [-0.2, 0) is 15.6 Å². The summed E-state index contributed by atoms with van der Waals surface area (Å²) in [5.74, 6) is 0.437. The number of hydrogen-bond acceptors (Lipinski definition) is 3. The lowest BCUT2D eigenvalue weighted by Gasteiger charge is -2.04. The van der Waals surface area contributed by atoms with Gasteiger partial charge in [0.25, 0.3) is 0 Å². The van der Waals surface area contributed by atoms with E-state index >= 15 is 0 Å². The van der Waals surface area contributed by atoms with Crippen molar-refractivity contribution in [1.82, 2.24) is 0 Å². The molecule has 17 heavy (non-hydrogen) atoms. The van der Waals surface area contributed by atoms with Crippen LogP contribution in [0.25, 0.3) is 11.0 Å². The van der Waals surface area contributed by atoms with Crippen LogP contribution in [0.15, 0.2) is 33.2 Å². The van der Waals surface area contributed by atoms with Gasteiger partial charge in [0.05, 0.1) is 9.72 Å². The maximum atomic E-state index is 11.8. The molecule has 0 aliphatic rings. The third kappa shape index (κ3) is 2.55. The minimum atomic E-state index is -3.12. The summed E-state index contributed by atoms with van der Waals surface area (Å²) >= 11 is 3.38. The second-order valence-electron chi connectivity index (χ2n) is 4.23. The van der Waals surface area contributed by atoms with Gasteiger partial charge in [0.2, 0.25) is 0 Å². The lowest BCUT2D eigenvalue weighted by molar-refractivity contribution is 0.549. The smallest absolute Gasteiger partial charge is 0.159 e. The summed E-state index contributed by atoms with van der Waals surface area (Å²) < 4.78 is 30.0. The molecule has 0 spiro atoms. The number of benzene rings is 1. The van der Waals surface area contributed by atoms with Crippen LogP contribution in [0, 0.1) is 0 Å². The van der Waals surface area contributed by atoms with Gasteiger partial charge in [-0.05, 0) is 41.9 Å². The van der Waals surface area contributed by atoms with Crippen molar-refractivity contribution in [2.75, 3.05) is 0 Å². The molecule has 3 nitrogen and oxygen atoms in total. The fraction of sp³-hybridized carbons (Fsp3) is 0.333. The molecule has 1 heterocycles. The predicted molar refractivity (Wildman–Crippen MR) is 71.7 cm³/mol. The predicted octanol–water partition coefficient (Wildman–Crippen LogP) is 3.52. The Morgan fingerprint density at radius 2 is 2.06 bits per heavy atom. The van der Waals surface area contributed by atoms with E-state index in [-0.39, 0.29) is 11.0 Å². The molecule has 0 unspecified atom stereocenters. The summed E-state index contributed by atoms with van der Waals surface area (Å²) in [5.41, 5.74) is 0.696. The molecule has 1 aromatic carbocycles. The van der Waals surface area contributed by atoms with Crippen molar-refractivity contribution in [1.29, 1.82) is 0 Å². The van der Waals surface area contributed by atoms with E-state index in [0.29, 0.717) is 11.3 Å². The second kappa shape index (κ2) is 4.46. The van der Waals surface area contributed by atoms with Crippen molar-refractivity contribution in [2.24, 2.45) is 0 Å². The minimum Gasteiger partial charge on any atom is -0.459 e. The van der Waals surface area contributed by atoms with Gasteiger partial charge in [-0.2, -0.15) is 0 Å². The first-order chi connectivity index (χ1) is 7.90. The maximum absolute atomic E-state index is 11.8. The number of halogens is 1. The van der Waals surface area contributed by atoms with Crippen molar-refractivity contribution in [2.45, 2.75) is 24.9 Å². The van der Waals surface area contributed by atoms with E-state index < -0.39 is 9.84 Å². The highest BCUT2D eigenvalue weighted by molar-refractivity contribution is 9.10. The van der Waals surface area contributed by atoms with Crippen LogP contribution in [0.1, 0.15) is 19.6 Å². The number of hydrogen-bond donors (Lipinski definition) is 0. The number of sulfone groups is 1. The summed E-state index contributed by atoms with van der Waals surface area (Å²) in [7, 11) is -3.12. The van der Waals surface area contributed by atoms with Gasteiger partial charge in [0, 0.05) is 5.39 Å². The molecule has 2 rings (SSSR count). The molecular formula is C12H13BrO3S. The largest absolute Gasteiger partial charge is 0.459 e. The first-order valence-corrected chi connectivity index (χ1v) is 7.79. The Bertz CT molecular complexity index is 641. The van der Waals surface area contributed by atoms with Gasteiger partial charge >= 0.3 is 0 Å². The van der Waals surface area contributed by atoms with Gasteiger partial charge in [0.1, 0.15) is 17.1 Å². The van der Waals surface area contributed by atoms with Crippen LogP contribution in [0.5, 0.6) is 0 Å². The third-order valence-electron chi connectivity index (χ3n) is 2.61. The fourth-order valence-electron chi connectivity index (χ4n) is 1.52. The van der Waals surface area contributed by atoms with E-state index in [2.05, 4.69) is 15.9 Å². The molecule has 5 heteroatoms. The second-order valence-corrected chi connectivity index (χ2v) is 7.64. The lowest BCUT2D eigenvalue weighted by atomic mass is 10.2. The van der Waals surface area contributed by atoms with Gasteiger partial charge in [-0.1, -0.05) is 12.1 Å². The third-order valence-corrected chi connectivity index (χ3v) is 5.36. The molecule has 0 aliphatic heterocycles.